The van der Waals surface area contributed by atoms with Gasteiger partial charge in [-0.1, -0.05) is 48.3 Å². The molecule has 2 aromatic carbocycles. The van der Waals surface area contributed by atoms with Crippen molar-refractivity contribution in [3.63, 3.8) is 0 Å². The zero-order chi connectivity index (χ0) is 16.7. The first-order chi connectivity index (χ1) is 11.2. The molecule has 0 spiro atoms. The molecule has 0 radical (unpaired) electrons. The molecule has 1 N–H and O–H groups in total. The van der Waals surface area contributed by atoms with Gasteiger partial charge in [0.25, 0.3) is 0 Å². The lowest BCUT2D eigenvalue weighted by atomic mass is 10.2. The van der Waals surface area contributed by atoms with Crippen LogP contribution >= 0.6 is 35.6 Å². The van der Waals surface area contributed by atoms with Crippen molar-refractivity contribution in [3.8, 4) is 11.5 Å². The SMILES string of the molecule is CCCNCc1cc(Cl)c(OCc2ccccc2Cl)c(OC)c1.Cl. The van der Waals surface area contributed by atoms with E-state index in [2.05, 4.69) is 12.2 Å². The summed E-state index contributed by atoms with van der Waals surface area (Å²) in [5.41, 5.74) is 1.96. The van der Waals surface area contributed by atoms with E-state index in [1.54, 1.807) is 7.11 Å². The fourth-order valence-corrected chi connectivity index (χ4v) is 2.67. The molecule has 0 heterocycles. The summed E-state index contributed by atoms with van der Waals surface area (Å²) in [5, 5.41) is 4.54. The Morgan fingerprint density at radius 3 is 2.50 bits per heavy atom. The number of rotatable bonds is 8. The molecule has 2 aromatic rings. The zero-order valence-corrected chi connectivity index (χ0v) is 16.1. The number of methoxy groups -OCH3 is 1. The number of hydrogen-bond acceptors (Lipinski definition) is 3. The maximum atomic E-state index is 6.37. The van der Waals surface area contributed by atoms with E-state index in [-0.39, 0.29) is 12.4 Å². The molecule has 0 unspecified atom stereocenters. The van der Waals surface area contributed by atoms with Crippen molar-refractivity contribution in [3.05, 3.63) is 57.6 Å². The second-order valence-corrected chi connectivity index (χ2v) is 5.98. The molecular weight excluding hydrogens is 369 g/mol. The lowest BCUT2D eigenvalue weighted by molar-refractivity contribution is 0.284. The van der Waals surface area contributed by atoms with Gasteiger partial charge in [-0.25, -0.2) is 0 Å². The average molecular weight is 391 g/mol. The lowest BCUT2D eigenvalue weighted by Gasteiger charge is -2.15. The van der Waals surface area contributed by atoms with Crippen LogP contribution in [-0.2, 0) is 13.2 Å². The van der Waals surface area contributed by atoms with Gasteiger partial charge in [0, 0.05) is 17.1 Å². The van der Waals surface area contributed by atoms with Crippen molar-refractivity contribution >= 4 is 35.6 Å². The third kappa shape index (κ3) is 5.75. The Morgan fingerprint density at radius 2 is 1.83 bits per heavy atom. The van der Waals surface area contributed by atoms with Gasteiger partial charge in [0.05, 0.1) is 12.1 Å². The highest BCUT2D eigenvalue weighted by Crippen LogP contribution is 2.37. The van der Waals surface area contributed by atoms with Crippen LogP contribution in [0.5, 0.6) is 11.5 Å². The summed E-state index contributed by atoms with van der Waals surface area (Å²) < 4.78 is 11.3. The summed E-state index contributed by atoms with van der Waals surface area (Å²) >= 11 is 12.5. The first-order valence-electron chi connectivity index (χ1n) is 7.59. The minimum atomic E-state index is 0. The molecule has 0 atom stereocenters. The van der Waals surface area contributed by atoms with Crippen molar-refractivity contribution < 1.29 is 9.47 Å². The minimum Gasteiger partial charge on any atom is -0.493 e. The fourth-order valence-electron chi connectivity index (χ4n) is 2.19. The number of benzene rings is 2. The normalized spacial score (nSPS) is 10.2. The molecule has 3 nitrogen and oxygen atoms in total. The van der Waals surface area contributed by atoms with Crippen molar-refractivity contribution in [1.29, 1.82) is 0 Å². The van der Waals surface area contributed by atoms with E-state index in [1.807, 2.05) is 36.4 Å². The Balaban J connectivity index is 0.00000288. The third-order valence-corrected chi connectivity index (χ3v) is 4.02. The van der Waals surface area contributed by atoms with Gasteiger partial charge in [0.1, 0.15) is 6.61 Å². The molecule has 24 heavy (non-hydrogen) atoms. The maximum absolute atomic E-state index is 6.37. The van der Waals surface area contributed by atoms with Crippen LogP contribution in [-0.4, -0.2) is 13.7 Å². The monoisotopic (exact) mass is 389 g/mol. The van der Waals surface area contributed by atoms with Crippen molar-refractivity contribution in [2.24, 2.45) is 0 Å². The molecule has 0 amide bonds. The van der Waals surface area contributed by atoms with Gasteiger partial charge in [-0.05, 0) is 36.7 Å². The zero-order valence-electron chi connectivity index (χ0n) is 13.8. The summed E-state index contributed by atoms with van der Waals surface area (Å²) in [6, 6.07) is 11.4. The van der Waals surface area contributed by atoms with Gasteiger partial charge < -0.3 is 14.8 Å². The van der Waals surface area contributed by atoms with Crippen LogP contribution in [0.4, 0.5) is 0 Å². The largest absolute Gasteiger partial charge is 0.493 e. The molecule has 0 aliphatic rings. The van der Waals surface area contributed by atoms with Crippen LogP contribution in [0.1, 0.15) is 24.5 Å². The van der Waals surface area contributed by atoms with Crippen LogP contribution in [0, 0.1) is 0 Å². The minimum absolute atomic E-state index is 0. The second kappa shape index (κ2) is 10.7. The topological polar surface area (TPSA) is 30.5 Å². The average Bonchev–Trinajstić information content (AvgIpc) is 2.55. The highest BCUT2D eigenvalue weighted by Gasteiger charge is 2.13. The molecule has 0 saturated carbocycles. The van der Waals surface area contributed by atoms with Crippen LogP contribution in [0.25, 0.3) is 0 Å². The molecule has 132 valence electrons. The Hall–Kier alpha value is -1.13. The first-order valence-corrected chi connectivity index (χ1v) is 8.34. The quantitative estimate of drug-likeness (QED) is 0.603. The molecular formula is C18H22Cl3NO2. The van der Waals surface area contributed by atoms with E-state index >= 15 is 0 Å². The smallest absolute Gasteiger partial charge is 0.180 e. The van der Waals surface area contributed by atoms with Gasteiger partial charge in [0.15, 0.2) is 11.5 Å². The molecule has 0 saturated heterocycles. The van der Waals surface area contributed by atoms with Crippen LogP contribution in [0.3, 0.4) is 0 Å². The highest BCUT2D eigenvalue weighted by atomic mass is 35.5. The summed E-state index contributed by atoms with van der Waals surface area (Å²) in [5.74, 6) is 1.16. The second-order valence-electron chi connectivity index (χ2n) is 5.17. The van der Waals surface area contributed by atoms with E-state index in [0.717, 1.165) is 30.6 Å². The van der Waals surface area contributed by atoms with Gasteiger partial charge in [-0.3, -0.25) is 0 Å². The molecule has 0 aliphatic carbocycles. The molecule has 2 rings (SSSR count). The van der Waals surface area contributed by atoms with E-state index in [1.165, 1.54) is 0 Å². The highest BCUT2D eigenvalue weighted by molar-refractivity contribution is 6.32. The van der Waals surface area contributed by atoms with Gasteiger partial charge in [-0.2, -0.15) is 0 Å². The predicted octanol–water partition coefficient (Wildman–Crippen LogP) is 5.50. The molecule has 0 aromatic heterocycles. The van der Waals surface area contributed by atoms with E-state index in [9.17, 15) is 0 Å². The summed E-state index contributed by atoms with van der Waals surface area (Å²) in [7, 11) is 1.61. The Morgan fingerprint density at radius 1 is 1.08 bits per heavy atom. The summed E-state index contributed by atoms with van der Waals surface area (Å²) in [6.07, 6.45) is 1.09. The molecule has 0 bridgehead atoms. The number of nitrogens with one attached hydrogen (secondary N) is 1. The fraction of sp³-hybridized carbons (Fsp3) is 0.333. The summed E-state index contributed by atoms with van der Waals surface area (Å²) in [6.45, 7) is 4.18. The number of halogens is 3. The van der Waals surface area contributed by atoms with E-state index in [0.29, 0.717) is 28.2 Å². The Labute approximate surface area is 159 Å². The lowest BCUT2D eigenvalue weighted by Crippen LogP contribution is -2.14. The standard InChI is InChI=1S/C18H21Cl2NO2.ClH/c1-3-8-21-11-13-9-16(20)18(17(10-13)22-2)23-12-14-6-4-5-7-15(14)19;/h4-7,9-10,21H,3,8,11-12H2,1-2H3;1H. The van der Waals surface area contributed by atoms with E-state index in [4.69, 9.17) is 32.7 Å². The van der Waals surface area contributed by atoms with Crippen molar-refractivity contribution in [2.45, 2.75) is 26.5 Å². The number of ether oxygens (including phenoxy) is 2. The van der Waals surface area contributed by atoms with Gasteiger partial charge >= 0.3 is 0 Å². The molecule has 6 heteroatoms. The Bertz CT molecular complexity index is 650. The van der Waals surface area contributed by atoms with Crippen LogP contribution in [0.2, 0.25) is 10.0 Å². The van der Waals surface area contributed by atoms with Crippen LogP contribution in [0.15, 0.2) is 36.4 Å². The van der Waals surface area contributed by atoms with E-state index < -0.39 is 0 Å². The molecule has 0 aliphatic heterocycles. The third-order valence-electron chi connectivity index (χ3n) is 3.37. The van der Waals surface area contributed by atoms with Crippen molar-refractivity contribution in [2.75, 3.05) is 13.7 Å². The summed E-state index contributed by atoms with van der Waals surface area (Å²) in [4.78, 5) is 0. The predicted molar refractivity (Wildman–Crippen MR) is 103 cm³/mol. The number of hydrogen-bond donors (Lipinski definition) is 1. The Kier molecular flexibility index (Phi) is 9.30. The van der Waals surface area contributed by atoms with Gasteiger partial charge in [-0.15, -0.1) is 12.4 Å². The maximum Gasteiger partial charge on any atom is 0.180 e. The molecule has 0 fully saturated rings. The van der Waals surface area contributed by atoms with Crippen molar-refractivity contribution in [1.82, 2.24) is 5.32 Å². The van der Waals surface area contributed by atoms with Gasteiger partial charge in [0.2, 0.25) is 0 Å². The first kappa shape index (κ1) is 20.9. The van der Waals surface area contributed by atoms with Crippen LogP contribution < -0.4 is 14.8 Å².